The summed E-state index contributed by atoms with van der Waals surface area (Å²) in [5.41, 5.74) is 2.18. The minimum absolute atomic E-state index is 0.0422. The van der Waals surface area contributed by atoms with Crippen LogP contribution in [0, 0.1) is 11.7 Å². The molecule has 0 radical (unpaired) electrons. The first-order valence-electron chi connectivity index (χ1n) is 12.6. The molecule has 1 aromatic carbocycles. The molecular formula is C27H32FN5O4S. The highest BCUT2D eigenvalue weighted by Crippen LogP contribution is 2.57. The average Bonchev–Trinajstić information content (AvgIpc) is 3.03. The van der Waals surface area contributed by atoms with Gasteiger partial charge in [-0.05, 0) is 30.9 Å². The maximum atomic E-state index is 15.4. The molecule has 9 nitrogen and oxygen atoms in total. The van der Waals surface area contributed by atoms with Crippen molar-refractivity contribution in [1.82, 2.24) is 15.3 Å². The SMILES string of the molecule is CC1CC2(C1)C(=O)N(C)c1cnc3cc(F)c(-c4cnc(OCCNC(C)C)c(NS(C)(=O)=O)c4)cc3c12. The molecule has 1 spiro atoms. The number of carbonyl (C=O) groups excluding carboxylic acids is 1. The first-order valence-corrected chi connectivity index (χ1v) is 14.5. The van der Waals surface area contributed by atoms with Crippen molar-refractivity contribution in [2.24, 2.45) is 5.92 Å². The van der Waals surface area contributed by atoms with Gasteiger partial charge in [0.2, 0.25) is 21.8 Å². The Morgan fingerprint density at radius 3 is 2.61 bits per heavy atom. The standard InChI is InChI=1S/C27H32FN5O4S/c1-15(2)29-6-7-37-25-22(32-38(5,35)36)8-17(13-31-25)18-9-19-21(10-20(18)28)30-14-23-24(19)27(11-16(3)12-27)26(34)33(23)4/h8-10,13-16,29,32H,6-7,11-12H2,1-5H3. The summed E-state index contributed by atoms with van der Waals surface area (Å²) in [5.74, 6) is 0.0303. The van der Waals surface area contributed by atoms with Crippen molar-refractivity contribution in [1.29, 1.82) is 0 Å². The summed E-state index contributed by atoms with van der Waals surface area (Å²) in [6.45, 7) is 6.95. The van der Waals surface area contributed by atoms with E-state index in [1.54, 1.807) is 24.2 Å². The third-order valence-electron chi connectivity index (χ3n) is 7.24. The predicted octanol–water partition coefficient (Wildman–Crippen LogP) is 3.83. The zero-order valence-corrected chi connectivity index (χ0v) is 22.9. The van der Waals surface area contributed by atoms with Gasteiger partial charge in [-0.2, -0.15) is 0 Å². The molecule has 1 aliphatic carbocycles. The quantitative estimate of drug-likeness (QED) is 0.417. The van der Waals surface area contributed by atoms with Gasteiger partial charge in [-0.1, -0.05) is 20.8 Å². The summed E-state index contributed by atoms with van der Waals surface area (Å²) in [4.78, 5) is 23.7. The van der Waals surface area contributed by atoms with Gasteiger partial charge in [0.1, 0.15) is 18.1 Å². The number of ether oxygens (including phenoxy) is 1. The fourth-order valence-electron chi connectivity index (χ4n) is 5.71. The molecular weight excluding hydrogens is 509 g/mol. The molecule has 3 heterocycles. The number of hydrogen-bond donors (Lipinski definition) is 2. The summed E-state index contributed by atoms with van der Waals surface area (Å²) < 4.78 is 47.7. The number of carbonyl (C=O) groups is 1. The Labute approximate surface area is 221 Å². The third-order valence-corrected chi connectivity index (χ3v) is 7.83. The van der Waals surface area contributed by atoms with E-state index in [0.717, 1.165) is 30.3 Å². The number of likely N-dealkylation sites (N-methyl/N-ethyl adjacent to an activating group) is 1. The number of sulfonamides is 1. The highest BCUT2D eigenvalue weighted by molar-refractivity contribution is 7.92. The monoisotopic (exact) mass is 541 g/mol. The number of nitrogens with zero attached hydrogens (tertiary/aromatic N) is 3. The summed E-state index contributed by atoms with van der Waals surface area (Å²) in [7, 11) is -1.91. The van der Waals surface area contributed by atoms with E-state index < -0.39 is 21.3 Å². The number of nitrogens with one attached hydrogen (secondary N) is 2. The molecule has 202 valence electrons. The zero-order valence-electron chi connectivity index (χ0n) is 22.1. The van der Waals surface area contributed by atoms with Crippen LogP contribution in [0.3, 0.4) is 0 Å². The van der Waals surface area contributed by atoms with Crippen LogP contribution in [0.4, 0.5) is 15.8 Å². The van der Waals surface area contributed by atoms with E-state index in [9.17, 15) is 13.2 Å². The molecule has 1 saturated carbocycles. The zero-order chi connectivity index (χ0) is 27.4. The van der Waals surface area contributed by atoms with E-state index >= 15 is 4.39 Å². The van der Waals surface area contributed by atoms with E-state index in [0.29, 0.717) is 28.9 Å². The van der Waals surface area contributed by atoms with Crippen molar-refractivity contribution in [3.63, 3.8) is 0 Å². The molecule has 1 fully saturated rings. The maximum absolute atomic E-state index is 15.4. The van der Waals surface area contributed by atoms with Gasteiger partial charge in [0.25, 0.3) is 0 Å². The maximum Gasteiger partial charge on any atom is 0.238 e. The number of hydrogen-bond acceptors (Lipinski definition) is 7. The van der Waals surface area contributed by atoms with E-state index in [2.05, 4.69) is 26.9 Å². The van der Waals surface area contributed by atoms with Crippen molar-refractivity contribution in [3.8, 4) is 17.0 Å². The topological polar surface area (TPSA) is 114 Å². The fourth-order valence-corrected chi connectivity index (χ4v) is 6.26. The predicted molar refractivity (Wildman–Crippen MR) is 146 cm³/mol. The lowest BCUT2D eigenvalue weighted by molar-refractivity contribution is -0.127. The van der Waals surface area contributed by atoms with Crippen LogP contribution < -0.4 is 19.7 Å². The number of pyridine rings is 2. The average molecular weight is 542 g/mol. The normalized spacial score (nSPS) is 20.8. The number of anilines is 2. The van der Waals surface area contributed by atoms with Gasteiger partial charge < -0.3 is 15.0 Å². The molecule has 1 amide bonds. The molecule has 38 heavy (non-hydrogen) atoms. The minimum Gasteiger partial charge on any atom is -0.475 e. The molecule has 0 saturated heterocycles. The van der Waals surface area contributed by atoms with Crippen LogP contribution in [-0.2, 0) is 20.2 Å². The highest BCUT2D eigenvalue weighted by atomic mass is 32.2. The number of rotatable bonds is 8. The second-order valence-corrected chi connectivity index (χ2v) is 12.5. The van der Waals surface area contributed by atoms with Crippen LogP contribution in [0.5, 0.6) is 5.88 Å². The van der Waals surface area contributed by atoms with Gasteiger partial charge >= 0.3 is 0 Å². The second-order valence-electron chi connectivity index (χ2n) is 10.7. The molecule has 0 unspecified atom stereocenters. The summed E-state index contributed by atoms with van der Waals surface area (Å²) in [5, 5.41) is 3.93. The Kier molecular flexibility index (Phi) is 6.55. The number of fused-ring (bicyclic) bond motifs is 4. The number of aromatic nitrogens is 2. The first kappa shape index (κ1) is 26.3. The van der Waals surface area contributed by atoms with E-state index in [1.165, 1.54) is 18.3 Å². The lowest BCUT2D eigenvalue weighted by Crippen LogP contribution is -2.48. The molecule has 2 N–H and O–H groups in total. The van der Waals surface area contributed by atoms with Crippen LogP contribution in [0.25, 0.3) is 22.0 Å². The molecule has 5 rings (SSSR count). The Morgan fingerprint density at radius 1 is 1.21 bits per heavy atom. The lowest BCUT2D eigenvalue weighted by atomic mass is 9.59. The van der Waals surface area contributed by atoms with Crippen LogP contribution in [-0.4, -0.2) is 56.8 Å². The van der Waals surface area contributed by atoms with Gasteiger partial charge in [0.15, 0.2) is 0 Å². The number of benzene rings is 1. The largest absolute Gasteiger partial charge is 0.475 e. The molecule has 3 aromatic rings. The van der Waals surface area contributed by atoms with Crippen LogP contribution in [0.2, 0.25) is 0 Å². The van der Waals surface area contributed by atoms with Crippen molar-refractivity contribution < 1.29 is 22.3 Å². The van der Waals surface area contributed by atoms with Gasteiger partial charge in [-0.15, -0.1) is 0 Å². The molecule has 0 bridgehead atoms. The van der Waals surface area contributed by atoms with Crippen molar-refractivity contribution in [3.05, 3.63) is 42.0 Å². The second kappa shape index (κ2) is 9.46. The summed E-state index contributed by atoms with van der Waals surface area (Å²) >= 11 is 0. The number of halogens is 1. The van der Waals surface area contributed by atoms with Gasteiger partial charge in [-0.25, -0.2) is 17.8 Å². The number of amides is 1. The summed E-state index contributed by atoms with van der Waals surface area (Å²) in [6.07, 6.45) is 5.59. The van der Waals surface area contributed by atoms with Crippen molar-refractivity contribution in [2.75, 3.05) is 36.1 Å². The molecule has 0 atom stereocenters. The van der Waals surface area contributed by atoms with Gasteiger partial charge in [0, 0.05) is 54.0 Å². The molecule has 2 aromatic heterocycles. The Hall–Kier alpha value is -3.31. The van der Waals surface area contributed by atoms with Crippen LogP contribution in [0.15, 0.2) is 30.6 Å². The van der Waals surface area contributed by atoms with Crippen LogP contribution in [0.1, 0.15) is 39.2 Å². The highest BCUT2D eigenvalue weighted by Gasteiger charge is 2.57. The Balaban J connectivity index is 1.59. The Bertz CT molecular complexity index is 1540. The molecule has 2 aliphatic rings. The molecule has 1 aliphatic heterocycles. The lowest BCUT2D eigenvalue weighted by Gasteiger charge is -2.42. The van der Waals surface area contributed by atoms with E-state index in [1.807, 2.05) is 13.8 Å². The minimum atomic E-state index is -3.66. The summed E-state index contributed by atoms with van der Waals surface area (Å²) in [6, 6.07) is 4.84. The van der Waals surface area contributed by atoms with Crippen LogP contribution >= 0.6 is 0 Å². The fraction of sp³-hybridized carbons (Fsp3) is 0.444. The van der Waals surface area contributed by atoms with Crippen molar-refractivity contribution in [2.45, 2.75) is 45.1 Å². The van der Waals surface area contributed by atoms with Gasteiger partial charge in [-0.3, -0.25) is 14.5 Å². The van der Waals surface area contributed by atoms with Crippen molar-refractivity contribution >= 4 is 38.2 Å². The molecule has 11 heteroatoms. The van der Waals surface area contributed by atoms with E-state index in [4.69, 9.17) is 4.74 Å². The van der Waals surface area contributed by atoms with E-state index in [-0.39, 0.29) is 35.7 Å². The smallest absolute Gasteiger partial charge is 0.238 e. The van der Waals surface area contributed by atoms with Gasteiger partial charge in [0.05, 0.1) is 29.1 Å². The first-order chi connectivity index (χ1) is 17.9. The third kappa shape index (κ3) is 4.58. The Morgan fingerprint density at radius 2 is 1.95 bits per heavy atom.